The molecule has 3 N–H and O–H groups in total. The molecule has 1 rings (SSSR count). The Balaban J connectivity index is 3.02. The van der Waals surface area contributed by atoms with Crippen molar-refractivity contribution in [3.63, 3.8) is 0 Å². The van der Waals surface area contributed by atoms with Crippen molar-refractivity contribution in [2.24, 2.45) is 0 Å². The van der Waals surface area contributed by atoms with Gasteiger partial charge in [0.1, 0.15) is 11.5 Å². The van der Waals surface area contributed by atoms with Crippen LogP contribution in [0, 0.1) is 27.8 Å². The lowest BCUT2D eigenvalue weighted by Gasteiger charge is -1.99. The maximum Gasteiger partial charge on any atom is 0.293 e. The van der Waals surface area contributed by atoms with Gasteiger partial charge in [0.25, 0.3) is 5.69 Å². The van der Waals surface area contributed by atoms with E-state index in [2.05, 4.69) is 17.2 Å². The van der Waals surface area contributed by atoms with Crippen LogP contribution in [-0.4, -0.2) is 18.5 Å². The Morgan fingerprint density at radius 1 is 1.59 bits per heavy atom. The fraction of sp³-hybridized carbons (Fsp3) is 0.273. The first-order valence-electron chi connectivity index (χ1n) is 4.93. The molecule has 0 aliphatic rings. The van der Waals surface area contributed by atoms with Gasteiger partial charge in [-0.15, -0.1) is 0 Å². The van der Waals surface area contributed by atoms with E-state index in [4.69, 9.17) is 5.73 Å². The predicted octanol–water partition coefficient (Wildman–Crippen LogP) is 1.28. The number of nitro groups is 1. The van der Waals surface area contributed by atoms with E-state index in [-0.39, 0.29) is 16.9 Å². The number of rotatable bonds is 3. The number of benzene rings is 1. The molecule has 0 fully saturated rings. The molecule has 1 aromatic carbocycles. The van der Waals surface area contributed by atoms with Gasteiger partial charge in [-0.05, 0) is 7.05 Å². The minimum absolute atomic E-state index is 0.0120. The number of hydrogen-bond acceptors (Lipinski definition) is 4. The topological polar surface area (TPSA) is 81.2 Å². The highest BCUT2D eigenvalue weighted by atomic mass is 19.1. The van der Waals surface area contributed by atoms with Gasteiger partial charge in [0.15, 0.2) is 0 Å². The van der Waals surface area contributed by atoms with Gasteiger partial charge in [0.05, 0.1) is 10.5 Å². The second-order valence-electron chi connectivity index (χ2n) is 3.30. The Hall–Kier alpha value is -2.13. The van der Waals surface area contributed by atoms with E-state index in [0.717, 1.165) is 12.1 Å². The number of nitrogen functional groups attached to an aromatic ring is 1. The molecule has 0 bridgehead atoms. The van der Waals surface area contributed by atoms with E-state index in [1.54, 1.807) is 7.05 Å². The number of hydrogen-bond donors (Lipinski definition) is 2. The van der Waals surface area contributed by atoms with Gasteiger partial charge in [0, 0.05) is 25.1 Å². The summed E-state index contributed by atoms with van der Waals surface area (Å²) >= 11 is 0. The average Bonchev–Trinajstić information content (AvgIpc) is 2.26. The molecular weight excluding hydrogens is 225 g/mol. The molecule has 6 heteroatoms. The van der Waals surface area contributed by atoms with Gasteiger partial charge in [0.2, 0.25) is 0 Å². The Bertz CT molecular complexity index is 491. The highest BCUT2D eigenvalue weighted by molar-refractivity contribution is 5.61. The van der Waals surface area contributed by atoms with E-state index in [0.29, 0.717) is 13.0 Å². The Morgan fingerprint density at radius 2 is 2.29 bits per heavy atom. The van der Waals surface area contributed by atoms with E-state index in [1.807, 2.05) is 0 Å². The lowest BCUT2D eigenvalue weighted by molar-refractivity contribution is -0.384. The molecule has 1 aromatic rings. The second kappa shape index (κ2) is 5.82. The lowest BCUT2D eigenvalue weighted by Crippen LogP contribution is -2.06. The van der Waals surface area contributed by atoms with Crippen LogP contribution in [0.3, 0.4) is 0 Å². The van der Waals surface area contributed by atoms with Gasteiger partial charge in [-0.1, -0.05) is 11.8 Å². The largest absolute Gasteiger partial charge is 0.393 e. The van der Waals surface area contributed by atoms with Crippen LogP contribution in [0.5, 0.6) is 0 Å². The molecule has 0 unspecified atom stereocenters. The van der Waals surface area contributed by atoms with Gasteiger partial charge in [-0.2, -0.15) is 0 Å². The standard InChI is InChI=1S/C11H12FN3O2/c1-14-5-3-2-4-8-6-11(15(16)17)10(13)7-9(8)12/h6-7,14H,3,5,13H2,1H3. The third-order valence-electron chi connectivity index (χ3n) is 2.04. The van der Waals surface area contributed by atoms with Crippen LogP contribution in [0.2, 0.25) is 0 Å². The first kappa shape index (κ1) is 12.9. The fourth-order valence-electron chi connectivity index (χ4n) is 1.18. The normalized spacial score (nSPS) is 9.53. The van der Waals surface area contributed by atoms with E-state index in [1.165, 1.54) is 0 Å². The second-order valence-corrected chi connectivity index (χ2v) is 3.30. The minimum atomic E-state index is -0.659. The summed E-state index contributed by atoms with van der Waals surface area (Å²) < 4.78 is 13.4. The first-order valence-corrected chi connectivity index (χ1v) is 4.93. The average molecular weight is 237 g/mol. The van der Waals surface area contributed by atoms with Crippen molar-refractivity contribution in [1.29, 1.82) is 0 Å². The Kier molecular flexibility index (Phi) is 4.43. The van der Waals surface area contributed by atoms with Gasteiger partial charge in [-0.3, -0.25) is 10.1 Å². The van der Waals surface area contributed by atoms with Crippen molar-refractivity contribution in [2.45, 2.75) is 6.42 Å². The third kappa shape index (κ3) is 3.43. The molecular formula is C11H12FN3O2. The summed E-state index contributed by atoms with van der Waals surface area (Å²) in [6, 6.07) is 1.97. The zero-order valence-corrected chi connectivity index (χ0v) is 9.29. The number of nitro benzene ring substituents is 1. The number of nitrogens with two attached hydrogens (primary N) is 1. The summed E-state index contributed by atoms with van der Waals surface area (Å²) in [5.41, 5.74) is 4.79. The number of halogens is 1. The summed E-state index contributed by atoms with van der Waals surface area (Å²) in [6.07, 6.45) is 0.536. The van der Waals surface area contributed by atoms with Crippen LogP contribution in [-0.2, 0) is 0 Å². The van der Waals surface area contributed by atoms with E-state index >= 15 is 0 Å². The van der Waals surface area contributed by atoms with Crippen molar-refractivity contribution < 1.29 is 9.31 Å². The van der Waals surface area contributed by atoms with Crippen LogP contribution in [0.1, 0.15) is 12.0 Å². The van der Waals surface area contributed by atoms with Gasteiger partial charge < -0.3 is 11.1 Å². The lowest BCUT2D eigenvalue weighted by atomic mass is 10.1. The number of nitrogens with one attached hydrogen (secondary N) is 1. The van der Waals surface area contributed by atoms with Crippen LogP contribution in [0.25, 0.3) is 0 Å². The van der Waals surface area contributed by atoms with Crippen LogP contribution in [0.4, 0.5) is 15.8 Å². The highest BCUT2D eigenvalue weighted by Gasteiger charge is 2.14. The molecule has 0 heterocycles. The molecule has 0 aliphatic heterocycles. The molecule has 0 saturated heterocycles. The van der Waals surface area contributed by atoms with Gasteiger partial charge in [-0.25, -0.2) is 4.39 Å². The van der Waals surface area contributed by atoms with Crippen LogP contribution < -0.4 is 11.1 Å². The molecule has 0 spiro atoms. The van der Waals surface area contributed by atoms with Crippen molar-refractivity contribution in [2.75, 3.05) is 19.3 Å². The third-order valence-corrected chi connectivity index (χ3v) is 2.04. The first-order chi connectivity index (χ1) is 8.06. The smallest absolute Gasteiger partial charge is 0.293 e. The molecule has 0 aromatic heterocycles. The van der Waals surface area contributed by atoms with Crippen molar-refractivity contribution >= 4 is 11.4 Å². The predicted molar refractivity (Wildman–Crippen MR) is 62.9 cm³/mol. The van der Waals surface area contributed by atoms with E-state index < -0.39 is 10.7 Å². The number of anilines is 1. The van der Waals surface area contributed by atoms with Crippen LogP contribution in [0.15, 0.2) is 12.1 Å². The maximum absolute atomic E-state index is 13.4. The zero-order valence-electron chi connectivity index (χ0n) is 9.29. The van der Waals surface area contributed by atoms with Gasteiger partial charge >= 0.3 is 0 Å². The molecule has 5 nitrogen and oxygen atoms in total. The molecule has 0 amide bonds. The summed E-state index contributed by atoms with van der Waals surface area (Å²) in [6.45, 7) is 0.672. The summed E-state index contributed by atoms with van der Waals surface area (Å²) in [5.74, 6) is 4.61. The quantitative estimate of drug-likeness (QED) is 0.273. The summed E-state index contributed by atoms with van der Waals surface area (Å²) in [4.78, 5) is 9.95. The fourth-order valence-corrected chi connectivity index (χ4v) is 1.18. The molecule has 0 radical (unpaired) electrons. The Morgan fingerprint density at radius 3 is 2.88 bits per heavy atom. The molecule has 0 aliphatic carbocycles. The molecule has 0 atom stereocenters. The minimum Gasteiger partial charge on any atom is -0.393 e. The summed E-state index contributed by atoms with van der Waals surface area (Å²) in [7, 11) is 1.77. The zero-order chi connectivity index (χ0) is 12.8. The molecule has 90 valence electrons. The van der Waals surface area contributed by atoms with E-state index in [9.17, 15) is 14.5 Å². The summed E-state index contributed by atoms with van der Waals surface area (Å²) in [5, 5.41) is 13.5. The SMILES string of the molecule is CNCCC#Cc1cc([N+](=O)[O-])c(N)cc1F. The molecule has 17 heavy (non-hydrogen) atoms. The molecule has 0 saturated carbocycles. The van der Waals surface area contributed by atoms with Crippen molar-refractivity contribution in [1.82, 2.24) is 5.32 Å². The highest BCUT2D eigenvalue weighted by Crippen LogP contribution is 2.24. The Labute approximate surface area is 98.0 Å². The van der Waals surface area contributed by atoms with Crippen molar-refractivity contribution in [3.8, 4) is 11.8 Å². The number of nitrogens with zero attached hydrogens (tertiary/aromatic N) is 1. The van der Waals surface area contributed by atoms with Crippen molar-refractivity contribution in [3.05, 3.63) is 33.6 Å². The maximum atomic E-state index is 13.4. The monoisotopic (exact) mass is 237 g/mol. The van der Waals surface area contributed by atoms with Crippen LogP contribution >= 0.6 is 0 Å².